The van der Waals surface area contributed by atoms with E-state index in [0.717, 1.165) is 22.5 Å². The molecule has 20 heavy (non-hydrogen) atoms. The molecule has 2 rings (SSSR count). The Hall–Kier alpha value is -2.49. The number of carbonyl (C=O) groups excluding carboxylic acids is 1. The van der Waals surface area contributed by atoms with Crippen LogP contribution in [0.15, 0.2) is 48.8 Å². The van der Waals surface area contributed by atoms with E-state index >= 15 is 0 Å². The topological polar surface area (TPSA) is 52.1 Å². The van der Waals surface area contributed by atoms with E-state index in [2.05, 4.69) is 16.5 Å². The molecular formula is C16H16N2O2. The Bertz CT molecular complexity index is 650. The van der Waals surface area contributed by atoms with Crippen molar-refractivity contribution in [2.75, 3.05) is 0 Å². The molecule has 0 spiro atoms. The molecule has 0 fully saturated rings. The van der Waals surface area contributed by atoms with Gasteiger partial charge in [-0.3, -0.25) is 9.97 Å². The molecule has 0 atom stereocenters. The van der Waals surface area contributed by atoms with E-state index in [0.29, 0.717) is 5.57 Å². The SMILES string of the molecule is C=C(C)C(=O)OCc1ccnc(-c2cc(C)ccn2)c1. The molecule has 0 aliphatic carbocycles. The summed E-state index contributed by atoms with van der Waals surface area (Å²) >= 11 is 0. The Morgan fingerprint density at radius 3 is 2.50 bits per heavy atom. The van der Waals surface area contributed by atoms with Gasteiger partial charge in [0.15, 0.2) is 0 Å². The van der Waals surface area contributed by atoms with E-state index in [1.807, 2.05) is 31.2 Å². The second-order valence-electron chi connectivity index (χ2n) is 4.62. The number of aryl methyl sites for hydroxylation is 1. The third-order valence-electron chi connectivity index (χ3n) is 2.72. The second kappa shape index (κ2) is 6.10. The van der Waals surface area contributed by atoms with Crippen LogP contribution in [0.4, 0.5) is 0 Å². The van der Waals surface area contributed by atoms with E-state index in [1.54, 1.807) is 19.3 Å². The van der Waals surface area contributed by atoms with Gasteiger partial charge >= 0.3 is 5.97 Å². The first-order chi connectivity index (χ1) is 9.56. The maximum Gasteiger partial charge on any atom is 0.333 e. The molecule has 0 aliphatic rings. The summed E-state index contributed by atoms with van der Waals surface area (Å²) in [6, 6.07) is 7.58. The third kappa shape index (κ3) is 3.51. The number of hydrogen-bond acceptors (Lipinski definition) is 4. The van der Waals surface area contributed by atoms with E-state index in [4.69, 9.17) is 4.74 Å². The minimum Gasteiger partial charge on any atom is -0.457 e. The smallest absolute Gasteiger partial charge is 0.333 e. The molecule has 4 heteroatoms. The van der Waals surface area contributed by atoms with E-state index in [-0.39, 0.29) is 6.61 Å². The van der Waals surface area contributed by atoms with Gasteiger partial charge in [0.05, 0.1) is 11.4 Å². The summed E-state index contributed by atoms with van der Waals surface area (Å²) in [5, 5.41) is 0. The van der Waals surface area contributed by atoms with E-state index in [9.17, 15) is 4.79 Å². The monoisotopic (exact) mass is 268 g/mol. The van der Waals surface area contributed by atoms with Gasteiger partial charge in [-0.25, -0.2) is 4.79 Å². The zero-order valence-electron chi connectivity index (χ0n) is 11.6. The molecule has 0 saturated heterocycles. The second-order valence-corrected chi connectivity index (χ2v) is 4.62. The Balaban J connectivity index is 2.16. The number of rotatable bonds is 4. The van der Waals surface area contributed by atoms with Crippen LogP contribution in [-0.2, 0) is 16.1 Å². The Morgan fingerprint density at radius 2 is 1.85 bits per heavy atom. The Kier molecular flexibility index (Phi) is 4.25. The van der Waals surface area contributed by atoms with Crippen LogP contribution in [0.3, 0.4) is 0 Å². The molecule has 102 valence electrons. The van der Waals surface area contributed by atoms with Crippen LogP contribution in [0.25, 0.3) is 11.4 Å². The number of pyridine rings is 2. The van der Waals surface area contributed by atoms with Crippen molar-refractivity contribution in [2.24, 2.45) is 0 Å². The van der Waals surface area contributed by atoms with Crippen molar-refractivity contribution in [1.29, 1.82) is 0 Å². The molecule has 0 saturated carbocycles. The van der Waals surface area contributed by atoms with Crippen LogP contribution < -0.4 is 0 Å². The highest BCUT2D eigenvalue weighted by Gasteiger charge is 2.06. The van der Waals surface area contributed by atoms with Gasteiger partial charge in [-0.05, 0) is 49.2 Å². The van der Waals surface area contributed by atoms with E-state index < -0.39 is 5.97 Å². The fourth-order valence-corrected chi connectivity index (χ4v) is 1.65. The summed E-state index contributed by atoms with van der Waals surface area (Å²) < 4.78 is 5.12. The fourth-order valence-electron chi connectivity index (χ4n) is 1.65. The number of hydrogen-bond donors (Lipinski definition) is 0. The maximum absolute atomic E-state index is 11.4. The van der Waals surface area contributed by atoms with Gasteiger partial charge in [-0.1, -0.05) is 6.58 Å². The lowest BCUT2D eigenvalue weighted by Crippen LogP contribution is -2.05. The minimum absolute atomic E-state index is 0.201. The molecule has 0 bridgehead atoms. The van der Waals surface area contributed by atoms with Crippen molar-refractivity contribution >= 4 is 5.97 Å². The first kappa shape index (κ1) is 13.9. The van der Waals surface area contributed by atoms with Crippen molar-refractivity contribution in [1.82, 2.24) is 9.97 Å². The van der Waals surface area contributed by atoms with Crippen molar-refractivity contribution in [3.63, 3.8) is 0 Å². The number of ether oxygens (including phenoxy) is 1. The quantitative estimate of drug-likeness (QED) is 0.631. The summed E-state index contributed by atoms with van der Waals surface area (Å²) in [5.74, 6) is -0.392. The van der Waals surface area contributed by atoms with Gasteiger partial charge in [-0.15, -0.1) is 0 Å². The van der Waals surface area contributed by atoms with Gasteiger partial charge in [0, 0.05) is 18.0 Å². The van der Waals surface area contributed by atoms with Gasteiger partial charge in [0.1, 0.15) is 6.61 Å². The summed E-state index contributed by atoms with van der Waals surface area (Å²) in [4.78, 5) is 19.9. The predicted molar refractivity (Wildman–Crippen MR) is 76.8 cm³/mol. The molecule has 0 amide bonds. The summed E-state index contributed by atoms with van der Waals surface area (Å²) in [6.07, 6.45) is 3.43. The van der Waals surface area contributed by atoms with Crippen molar-refractivity contribution < 1.29 is 9.53 Å². The van der Waals surface area contributed by atoms with Crippen molar-refractivity contribution in [2.45, 2.75) is 20.5 Å². The summed E-state index contributed by atoms with van der Waals surface area (Å²) in [7, 11) is 0. The first-order valence-electron chi connectivity index (χ1n) is 6.27. The first-order valence-corrected chi connectivity index (χ1v) is 6.27. The highest BCUT2D eigenvalue weighted by atomic mass is 16.5. The van der Waals surface area contributed by atoms with Crippen LogP contribution in [0, 0.1) is 6.92 Å². The lowest BCUT2D eigenvalue weighted by atomic mass is 10.1. The lowest BCUT2D eigenvalue weighted by molar-refractivity contribution is -0.140. The largest absolute Gasteiger partial charge is 0.457 e. The number of carbonyl (C=O) groups is 1. The van der Waals surface area contributed by atoms with Crippen LogP contribution in [0.5, 0.6) is 0 Å². The Labute approximate surface area is 118 Å². The average Bonchev–Trinajstić information content (AvgIpc) is 2.45. The molecule has 2 heterocycles. The third-order valence-corrected chi connectivity index (χ3v) is 2.72. The van der Waals surface area contributed by atoms with Crippen LogP contribution in [-0.4, -0.2) is 15.9 Å². The minimum atomic E-state index is -0.392. The summed E-state index contributed by atoms with van der Waals surface area (Å²) in [5.41, 5.74) is 3.94. The van der Waals surface area contributed by atoms with Crippen LogP contribution >= 0.6 is 0 Å². The normalized spacial score (nSPS) is 10.1. The van der Waals surface area contributed by atoms with Gasteiger partial charge in [0.25, 0.3) is 0 Å². The van der Waals surface area contributed by atoms with Crippen LogP contribution in [0.1, 0.15) is 18.1 Å². The Morgan fingerprint density at radius 1 is 1.20 bits per heavy atom. The average molecular weight is 268 g/mol. The zero-order valence-corrected chi connectivity index (χ0v) is 11.6. The molecule has 0 radical (unpaired) electrons. The summed E-state index contributed by atoms with van der Waals surface area (Å²) in [6.45, 7) is 7.37. The molecule has 0 N–H and O–H groups in total. The van der Waals surface area contributed by atoms with Crippen molar-refractivity contribution in [3.8, 4) is 11.4 Å². The number of aromatic nitrogens is 2. The maximum atomic E-state index is 11.4. The highest BCUT2D eigenvalue weighted by Crippen LogP contribution is 2.17. The zero-order chi connectivity index (χ0) is 14.5. The number of nitrogens with zero attached hydrogens (tertiary/aromatic N) is 2. The molecule has 0 unspecified atom stereocenters. The number of esters is 1. The molecule has 0 aliphatic heterocycles. The van der Waals surface area contributed by atoms with Crippen molar-refractivity contribution in [3.05, 3.63) is 59.9 Å². The highest BCUT2D eigenvalue weighted by molar-refractivity contribution is 5.86. The van der Waals surface area contributed by atoms with Gasteiger partial charge < -0.3 is 4.74 Å². The van der Waals surface area contributed by atoms with Crippen LogP contribution in [0.2, 0.25) is 0 Å². The standard InChI is InChI=1S/C16H16N2O2/c1-11(2)16(19)20-10-13-5-7-18-15(9-13)14-8-12(3)4-6-17-14/h4-9H,1,10H2,2-3H3. The molecule has 2 aromatic rings. The molecule has 2 aromatic heterocycles. The lowest BCUT2D eigenvalue weighted by Gasteiger charge is -2.06. The van der Waals surface area contributed by atoms with Gasteiger partial charge in [0.2, 0.25) is 0 Å². The predicted octanol–water partition coefficient (Wildman–Crippen LogP) is 3.07. The fraction of sp³-hybridized carbons (Fsp3) is 0.188. The van der Waals surface area contributed by atoms with Gasteiger partial charge in [-0.2, -0.15) is 0 Å². The molecular weight excluding hydrogens is 252 g/mol. The molecule has 0 aromatic carbocycles. The van der Waals surface area contributed by atoms with E-state index in [1.165, 1.54) is 0 Å². The molecule has 4 nitrogen and oxygen atoms in total.